The molecule has 2 heteroatoms. The lowest BCUT2D eigenvalue weighted by Crippen LogP contribution is -2.13. The summed E-state index contributed by atoms with van der Waals surface area (Å²) >= 11 is 0. The van der Waals surface area contributed by atoms with Gasteiger partial charge in [0.25, 0.3) is 0 Å². The lowest BCUT2D eigenvalue weighted by Gasteiger charge is -2.15. The highest BCUT2D eigenvalue weighted by molar-refractivity contribution is 5.24. The number of rotatable bonds is 6. The van der Waals surface area contributed by atoms with Gasteiger partial charge in [0.2, 0.25) is 0 Å². The zero-order chi connectivity index (χ0) is 12.0. The Labute approximate surface area is 98.3 Å². The Morgan fingerprint density at radius 2 is 1.81 bits per heavy atom. The zero-order valence-corrected chi connectivity index (χ0v) is 10.4. The first-order valence-corrected chi connectivity index (χ1v) is 6.05. The minimum Gasteiger partial charge on any atom is -0.386 e. The van der Waals surface area contributed by atoms with Crippen molar-refractivity contribution < 1.29 is 9.84 Å². The van der Waals surface area contributed by atoms with Crippen molar-refractivity contribution in [2.45, 2.75) is 45.8 Å². The third-order valence-corrected chi connectivity index (χ3v) is 2.89. The molecule has 0 bridgehead atoms. The van der Waals surface area contributed by atoms with Crippen LogP contribution in [0.2, 0.25) is 0 Å². The van der Waals surface area contributed by atoms with E-state index in [4.69, 9.17) is 4.74 Å². The van der Waals surface area contributed by atoms with E-state index in [0.29, 0.717) is 6.61 Å². The summed E-state index contributed by atoms with van der Waals surface area (Å²) in [5, 5.41) is 9.90. The average Bonchev–Trinajstić information content (AvgIpc) is 2.35. The number of aliphatic hydroxyl groups is 1. The molecular weight excluding hydrogens is 200 g/mol. The van der Waals surface area contributed by atoms with E-state index in [0.717, 1.165) is 18.4 Å². The van der Waals surface area contributed by atoms with E-state index in [1.807, 2.05) is 19.1 Å². The molecule has 2 unspecified atom stereocenters. The van der Waals surface area contributed by atoms with Crippen LogP contribution in [0.1, 0.15) is 44.4 Å². The highest BCUT2D eigenvalue weighted by Gasteiger charge is 2.09. The molecule has 2 atom stereocenters. The lowest BCUT2D eigenvalue weighted by molar-refractivity contribution is -0.00375. The lowest BCUT2D eigenvalue weighted by atomic mass is 10.1. The van der Waals surface area contributed by atoms with E-state index in [9.17, 15) is 5.11 Å². The molecule has 0 amide bonds. The quantitative estimate of drug-likeness (QED) is 0.801. The van der Waals surface area contributed by atoms with Gasteiger partial charge in [0.05, 0.1) is 12.7 Å². The van der Waals surface area contributed by atoms with Gasteiger partial charge in [0.15, 0.2) is 0 Å². The molecule has 0 saturated carbocycles. The van der Waals surface area contributed by atoms with Crippen LogP contribution in [0.15, 0.2) is 24.3 Å². The van der Waals surface area contributed by atoms with E-state index < -0.39 is 6.10 Å². The zero-order valence-electron chi connectivity index (χ0n) is 10.4. The van der Waals surface area contributed by atoms with Crippen LogP contribution in [0.4, 0.5) is 0 Å². The van der Waals surface area contributed by atoms with Crippen LogP contribution < -0.4 is 0 Å². The minimum atomic E-state index is -0.514. The Morgan fingerprint density at radius 3 is 2.31 bits per heavy atom. The van der Waals surface area contributed by atoms with Crippen LogP contribution in [-0.2, 0) is 11.2 Å². The van der Waals surface area contributed by atoms with Crippen molar-refractivity contribution >= 4 is 0 Å². The molecule has 1 aromatic carbocycles. The summed E-state index contributed by atoms with van der Waals surface area (Å²) < 4.78 is 5.51. The molecular formula is C14H22O2. The van der Waals surface area contributed by atoms with Gasteiger partial charge in [-0.15, -0.1) is 0 Å². The Kier molecular flexibility index (Phi) is 5.50. The molecule has 16 heavy (non-hydrogen) atoms. The smallest absolute Gasteiger partial charge is 0.102 e. The van der Waals surface area contributed by atoms with Gasteiger partial charge in [-0.3, -0.25) is 0 Å². The maximum atomic E-state index is 9.90. The summed E-state index contributed by atoms with van der Waals surface area (Å²) in [5.74, 6) is 0. The summed E-state index contributed by atoms with van der Waals surface area (Å²) in [6.45, 7) is 6.60. The van der Waals surface area contributed by atoms with Crippen molar-refractivity contribution in [1.82, 2.24) is 0 Å². The number of hydrogen-bond donors (Lipinski definition) is 1. The second-order valence-electron chi connectivity index (χ2n) is 4.16. The van der Waals surface area contributed by atoms with Crippen molar-refractivity contribution in [1.29, 1.82) is 0 Å². The third-order valence-electron chi connectivity index (χ3n) is 2.89. The largest absolute Gasteiger partial charge is 0.386 e. The monoisotopic (exact) mass is 222 g/mol. The SMILES string of the molecule is CCc1ccc(C(O)COC(C)CC)cc1. The van der Waals surface area contributed by atoms with Gasteiger partial charge in [0.1, 0.15) is 6.10 Å². The molecule has 0 fully saturated rings. The molecule has 90 valence electrons. The predicted octanol–water partition coefficient (Wildman–Crippen LogP) is 3.10. The topological polar surface area (TPSA) is 29.5 Å². The summed E-state index contributed by atoms with van der Waals surface area (Å²) in [4.78, 5) is 0. The van der Waals surface area contributed by atoms with Gasteiger partial charge in [-0.1, -0.05) is 38.1 Å². The first-order valence-electron chi connectivity index (χ1n) is 6.05. The van der Waals surface area contributed by atoms with E-state index in [1.54, 1.807) is 0 Å². The summed E-state index contributed by atoms with van der Waals surface area (Å²) in [7, 11) is 0. The van der Waals surface area contributed by atoms with Crippen molar-refractivity contribution in [2.75, 3.05) is 6.61 Å². The fourth-order valence-electron chi connectivity index (χ4n) is 1.44. The molecule has 0 aliphatic carbocycles. The molecule has 0 spiro atoms. The van der Waals surface area contributed by atoms with Gasteiger partial charge in [0, 0.05) is 0 Å². The molecule has 0 saturated heterocycles. The fourth-order valence-corrected chi connectivity index (χ4v) is 1.44. The van der Waals surface area contributed by atoms with Crippen LogP contribution in [0.3, 0.4) is 0 Å². The van der Waals surface area contributed by atoms with Crippen molar-refractivity contribution in [3.63, 3.8) is 0 Å². The number of benzene rings is 1. The van der Waals surface area contributed by atoms with Gasteiger partial charge in [-0.05, 0) is 30.9 Å². The van der Waals surface area contributed by atoms with E-state index in [1.165, 1.54) is 5.56 Å². The van der Waals surface area contributed by atoms with Crippen molar-refractivity contribution in [3.8, 4) is 0 Å². The Bertz CT molecular complexity index is 292. The predicted molar refractivity (Wildman–Crippen MR) is 66.5 cm³/mol. The molecule has 0 aliphatic rings. The normalized spacial score (nSPS) is 14.8. The molecule has 1 rings (SSSR count). The van der Waals surface area contributed by atoms with Gasteiger partial charge in [-0.2, -0.15) is 0 Å². The molecule has 2 nitrogen and oxygen atoms in total. The van der Waals surface area contributed by atoms with Gasteiger partial charge >= 0.3 is 0 Å². The van der Waals surface area contributed by atoms with Crippen molar-refractivity contribution in [3.05, 3.63) is 35.4 Å². The van der Waals surface area contributed by atoms with Crippen LogP contribution in [-0.4, -0.2) is 17.8 Å². The standard InChI is InChI=1S/C14H22O2/c1-4-11(3)16-10-14(15)13-8-6-12(5-2)7-9-13/h6-9,11,14-15H,4-5,10H2,1-3H3. The summed E-state index contributed by atoms with van der Waals surface area (Å²) in [6, 6.07) is 8.07. The number of aliphatic hydroxyl groups excluding tert-OH is 1. The van der Waals surface area contributed by atoms with E-state index >= 15 is 0 Å². The van der Waals surface area contributed by atoms with Crippen molar-refractivity contribution in [2.24, 2.45) is 0 Å². The molecule has 0 aliphatic heterocycles. The highest BCUT2D eigenvalue weighted by atomic mass is 16.5. The van der Waals surface area contributed by atoms with Crippen LogP contribution >= 0.6 is 0 Å². The molecule has 1 aromatic rings. The highest BCUT2D eigenvalue weighted by Crippen LogP contribution is 2.15. The Balaban J connectivity index is 2.49. The van der Waals surface area contributed by atoms with E-state index in [-0.39, 0.29) is 6.10 Å². The average molecular weight is 222 g/mol. The molecule has 0 heterocycles. The van der Waals surface area contributed by atoms with E-state index in [2.05, 4.69) is 26.0 Å². The van der Waals surface area contributed by atoms with Crippen LogP contribution in [0.5, 0.6) is 0 Å². The fraction of sp³-hybridized carbons (Fsp3) is 0.571. The second kappa shape index (κ2) is 6.66. The second-order valence-corrected chi connectivity index (χ2v) is 4.16. The number of aryl methyl sites for hydroxylation is 1. The minimum absolute atomic E-state index is 0.213. The molecule has 0 aromatic heterocycles. The molecule has 1 N–H and O–H groups in total. The Morgan fingerprint density at radius 1 is 1.19 bits per heavy atom. The Hall–Kier alpha value is -0.860. The third kappa shape index (κ3) is 3.95. The summed E-state index contributed by atoms with van der Waals surface area (Å²) in [6.07, 6.45) is 1.70. The van der Waals surface area contributed by atoms with Crippen LogP contribution in [0, 0.1) is 0 Å². The maximum absolute atomic E-state index is 9.90. The first-order chi connectivity index (χ1) is 7.67. The number of ether oxygens (including phenoxy) is 1. The molecule has 0 radical (unpaired) electrons. The first kappa shape index (κ1) is 13.2. The van der Waals surface area contributed by atoms with Crippen LogP contribution in [0.25, 0.3) is 0 Å². The van der Waals surface area contributed by atoms with Gasteiger partial charge < -0.3 is 9.84 Å². The maximum Gasteiger partial charge on any atom is 0.102 e. The summed E-state index contributed by atoms with van der Waals surface area (Å²) in [5.41, 5.74) is 2.22. The number of hydrogen-bond acceptors (Lipinski definition) is 2. The van der Waals surface area contributed by atoms with Gasteiger partial charge in [-0.25, -0.2) is 0 Å².